The van der Waals surface area contributed by atoms with Crippen molar-refractivity contribution < 1.29 is 19.0 Å². The zero-order chi connectivity index (χ0) is 21.8. The zero-order valence-corrected chi connectivity index (χ0v) is 18.2. The molecule has 0 saturated carbocycles. The van der Waals surface area contributed by atoms with E-state index in [9.17, 15) is 9.59 Å². The Labute approximate surface area is 183 Å². The number of aryl methyl sites for hydroxylation is 2. The molecule has 0 fully saturated rings. The average Bonchev–Trinajstić information content (AvgIpc) is 3.17. The van der Waals surface area contributed by atoms with Gasteiger partial charge in [-0.2, -0.15) is 9.78 Å². The van der Waals surface area contributed by atoms with E-state index >= 15 is 0 Å². The number of hydrogen-bond acceptors (Lipinski definition) is 8. The molecule has 4 rings (SSSR count). The lowest BCUT2D eigenvalue weighted by Gasteiger charge is -2.11. The lowest BCUT2D eigenvalue weighted by Crippen LogP contribution is -2.18. The minimum absolute atomic E-state index is 0.159. The summed E-state index contributed by atoms with van der Waals surface area (Å²) in [5.74, 6) is 0.396. The molecule has 31 heavy (non-hydrogen) atoms. The largest absolute Gasteiger partial charge is 0.493 e. The third-order valence-electron chi connectivity index (χ3n) is 5.03. The predicted octanol–water partition coefficient (Wildman–Crippen LogP) is 3.17. The van der Waals surface area contributed by atoms with Crippen molar-refractivity contribution in [3.8, 4) is 11.5 Å². The summed E-state index contributed by atoms with van der Waals surface area (Å²) in [7, 11) is 1.52. The highest BCUT2D eigenvalue weighted by atomic mass is 32.1. The van der Waals surface area contributed by atoms with Crippen LogP contribution in [-0.2, 0) is 22.4 Å². The van der Waals surface area contributed by atoms with Gasteiger partial charge in [-0.25, -0.2) is 9.78 Å². The standard InChI is InChI=1S/C22H23N3O5S/c1-3-29-19(26)12-30-17-10-14(8-9-16(17)28-2)11-24-25-13-23-21-20(22(25)27)15-6-4-5-7-18(15)31-21/h8-11,13H,3-7,12H2,1-2H3/b24-11+. The van der Waals surface area contributed by atoms with E-state index in [4.69, 9.17) is 14.2 Å². The molecular weight excluding hydrogens is 418 g/mol. The molecule has 8 nitrogen and oxygen atoms in total. The molecular formula is C22H23N3O5S. The molecule has 1 aromatic carbocycles. The van der Waals surface area contributed by atoms with E-state index in [0.717, 1.165) is 36.1 Å². The van der Waals surface area contributed by atoms with Gasteiger partial charge in [-0.15, -0.1) is 11.3 Å². The van der Waals surface area contributed by atoms with E-state index in [1.54, 1.807) is 42.7 Å². The van der Waals surface area contributed by atoms with Crippen molar-refractivity contribution in [1.29, 1.82) is 0 Å². The number of rotatable bonds is 7. The first-order valence-electron chi connectivity index (χ1n) is 10.1. The van der Waals surface area contributed by atoms with Gasteiger partial charge in [-0.1, -0.05) is 0 Å². The third-order valence-corrected chi connectivity index (χ3v) is 6.23. The van der Waals surface area contributed by atoms with Crippen molar-refractivity contribution in [2.24, 2.45) is 5.10 Å². The zero-order valence-electron chi connectivity index (χ0n) is 17.4. The van der Waals surface area contributed by atoms with Crippen LogP contribution in [0.1, 0.15) is 35.8 Å². The van der Waals surface area contributed by atoms with Crippen molar-refractivity contribution in [2.45, 2.75) is 32.6 Å². The lowest BCUT2D eigenvalue weighted by atomic mass is 9.97. The number of benzene rings is 1. The Morgan fingerprint density at radius 2 is 2.13 bits per heavy atom. The van der Waals surface area contributed by atoms with Crippen LogP contribution in [0.3, 0.4) is 0 Å². The van der Waals surface area contributed by atoms with Crippen molar-refractivity contribution in [1.82, 2.24) is 9.66 Å². The Morgan fingerprint density at radius 1 is 1.29 bits per heavy atom. The summed E-state index contributed by atoms with van der Waals surface area (Å²) < 4.78 is 16.9. The molecule has 2 aromatic heterocycles. The maximum atomic E-state index is 13.0. The molecule has 0 amide bonds. The fourth-order valence-electron chi connectivity index (χ4n) is 3.57. The monoisotopic (exact) mass is 441 g/mol. The number of methoxy groups -OCH3 is 1. The molecule has 0 atom stereocenters. The molecule has 0 saturated heterocycles. The van der Waals surface area contributed by atoms with Gasteiger partial charge in [-0.05, 0) is 61.9 Å². The molecule has 0 unspecified atom stereocenters. The van der Waals surface area contributed by atoms with Gasteiger partial charge in [0.2, 0.25) is 0 Å². The molecule has 0 spiro atoms. The van der Waals surface area contributed by atoms with E-state index in [1.165, 1.54) is 23.0 Å². The van der Waals surface area contributed by atoms with Crippen LogP contribution in [0.25, 0.3) is 10.2 Å². The van der Waals surface area contributed by atoms with Gasteiger partial charge in [0, 0.05) is 4.88 Å². The van der Waals surface area contributed by atoms with Gasteiger partial charge < -0.3 is 14.2 Å². The van der Waals surface area contributed by atoms with Crippen LogP contribution in [-0.4, -0.2) is 42.2 Å². The van der Waals surface area contributed by atoms with Gasteiger partial charge in [-0.3, -0.25) is 4.79 Å². The Hall–Kier alpha value is -3.20. The smallest absolute Gasteiger partial charge is 0.344 e. The van der Waals surface area contributed by atoms with Gasteiger partial charge in [0.05, 0.1) is 25.3 Å². The average molecular weight is 442 g/mol. The van der Waals surface area contributed by atoms with Crippen LogP contribution in [0.2, 0.25) is 0 Å². The van der Waals surface area contributed by atoms with E-state index < -0.39 is 5.97 Å². The number of carbonyl (C=O) groups is 1. The molecule has 1 aliphatic rings. The second-order valence-electron chi connectivity index (χ2n) is 7.03. The number of thiophene rings is 1. The van der Waals surface area contributed by atoms with Crippen molar-refractivity contribution in [2.75, 3.05) is 20.3 Å². The van der Waals surface area contributed by atoms with Crippen LogP contribution >= 0.6 is 11.3 Å². The van der Waals surface area contributed by atoms with Gasteiger partial charge in [0.1, 0.15) is 11.2 Å². The van der Waals surface area contributed by atoms with Crippen LogP contribution in [0.5, 0.6) is 11.5 Å². The molecule has 2 heterocycles. The van der Waals surface area contributed by atoms with Gasteiger partial charge in [0.25, 0.3) is 5.56 Å². The molecule has 9 heteroatoms. The van der Waals surface area contributed by atoms with Crippen LogP contribution in [0.15, 0.2) is 34.4 Å². The SMILES string of the molecule is CCOC(=O)COc1cc(/C=N/n2cnc3sc4c(c3c2=O)CCCC4)ccc1OC. The fourth-order valence-corrected chi connectivity index (χ4v) is 4.79. The summed E-state index contributed by atoms with van der Waals surface area (Å²) in [4.78, 5) is 31.1. The second kappa shape index (κ2) is 9.30. The van der Waals surface area contributed by atoms with Crippen LogP contribution in [0.4, 0.5) is 0 Å². The maximum Gasteiger partial charge on any atom is 0.344 e. The summed E-state index contributed by atoms with van der Waals surface area (Å²) in [6.45, 7) is 1.79. The molecule has 0 radical (unpaired) electrons. The fraction of sp³-hybridized carbons (Fsp3) is 0.364. The molecule has 162 valence electrons. The topological polar surface area (TPSA) is 92.0 Å². The van der Waals surface area contributed by atoms with E-state index in [2.05, 4.69) is 10.1 Å². The minimum Gasteiger partial charge on any atom is -0.493 e. The van der Waals surface area contributed by atoms with E-state index in [-0.39, 0.29) is 18.8 Å². The first-order chi connectivity index (χ1) is 15.1. The van der Waals surface area contributed by atoms with Crippen molar-refractivity contribution in [3.63, 3.8) is 0 Å². The first-order valence-corrected chi connectivity index (χ1v) is 10.9. The Morgan fingerprint density at radius 3 is 2.94 bits per heavy atom. The summed E-state index contributed by atoms with van der Waals surface area (Å²) in [5.41, 5.74) is 1.65. The molecule has 1 aliphatic carbocycles. The highest BCUT2D eigenvalue weighted by Gasteiger charge is 2.19. The lowest BCUT2D eigenvalue weighted by molar-refractivity contribution is -0.145. The number of fused-ring (bicyclic) bond motifs is 3. The first kappa shape index (κ1) is 21.0. The third kappa shape index (κ3) is 4.46. The van der Waals surface area contributed by atoms with Crippen LogP contribution < -0.4 is 15.0 Å². The van der Waals surface area contributed by atoms with Crippen LogP contribution in [0, 0.1) is 0 Å². The summed E-state index contributed by atoms with van der Waals surface area (Å²) in [5, 5.41) is 5.00. The quantitative estimate of drug-likeness (QED) is 0.413. The molecule has 3 aromatic rings. The summed E-state index contributed by atoms with van der Waals surface area (Å²) in [6, 6.07) is 5.18. The van der Waals surface area contributed by atoms with E-state index in [1.807, 2.05) is 0 Å². The number of carbonyl (C=O) groups excluding carboxylic acids is 1. The number of aromatic nitrogens is 2. The molecule has 0 N–H and O–H groups in total. The normalized spacial score (nSPS) is 13.4. The van der Waals surface area contributed by atoms with Crippen molar-refractivity contribution in [3.05, 3.63) is 50.9 Å². The molecule has 0 aliphatic heterocycles. The summed E-state index contributed by atoms with van der Waals surface area (Å²) in [6.07, 6.45) is 7.18. The second-order valence-corrected chi connectivity index (χ2v) is 8.12. The minimum atomic E-state index is -0.464. The highest BCUT2D eigenvalue weighted by Crippen LogP contribution is 2.33. The Kier molecular flexibility index (Phi) is 6.31. The number of ether oxygens (including phenoxy) is 3. The predicted molar refractivity (Wildman–Crippen MR) is 119 cm³/mol. The number of esters is 1. The van der Waals surface area contributed by atoms with E-state index in [0.29, 0.717) is 22.4 Å². The summed E-state index contributed by atoms with van der Waals surface area (Å²) >= 11 is 1.61. The Balaban J connectivity index is 1.60. The number of nitrogens with zero attached hydrogens (tertiary/aromatic N) is 3. The number of hydrogen-bond donors (Lipinski definition) is 0. The van der Waals surface area contributed by atoms with Crippen molar-refractivity contribution >= 4 is 33.7 Å². The Bertz CT molecular complexity index is 1200. The molecule has 0 bridgehead atoms. The van der Waals surface area contributed by atoms with Gasteiger partial charge in [0.15, 0.2) is 18.1 Å². The van der Waals surface area contributed by atoms with Gasteiger partial charge >= 0.3 is 5.97 Å². The highest BCUT2D eigenvalue weighted by molar-refractivity contribution is 7.18. The maximum absolute atomic E-state index is 13.0.